The van der Waals surface area contributed by atoms with Crippen molar-refractivity contribution in [2.24, 2.45) is 0 Å². The van der Waals surface area contributed by atoms with E-state index in [1.807, 2.05) is 21.1 Å². The first-order chi connectivity index (χ1) is 42.6. The molecule has 9 heteroatoms. The van der Waals surface area contributed by atoms with Gasteiger partial charge in [0.05, 0.1) is 34.4 Å². The molecule has 0 aliphatic rings. The molecule has 2 unspecified atom stereocenters. The molecule has 0 radical (unpaired) electrons. The molecular formula is C78H144NO8+. The topological polar surface area (TPSA) is 108 Å². The molecule has 0 spiro atoms. The number of quaternary nitrogens is 1. The average Bonchev–Trinajstić information content (AvgIpc) is 3.59. The number of ether oxygens (including phenoxy) is 4. The molecule has 0 amide bonds. The molecule has 0 aliphatic heterocycles. The third-order valence-corrected chi connectivity index (χ3v) is 16.7. The second kappa shape index (κ2) is 68.9. The van der Waals surface area contributed by atoms with E-state index in [1.165, 1.54) is 276 Å². The van der Waals surface area contributed by atoms with Crippen LogP contribution in [0.25, 0.3) is 0 Å². The number of aliphatic carboxylic acids is 1. The molecule has 0 bridgehead atoms. The van der Waals surface area contributed by atoms with Gasteiger partial charge < -0.3 is 28.5 Å². The van der Waals surface area contributed by atoms with Gasteiger partial charge in [0.1, 0.15) is 13.2 Å². The molecule has 508 valence electrons. The molecule has 0 saturated carbocycles. The Hall–Kier alpha value is -3.01. The molecule has 9 nitrogen and oxygen atoms in total. The van der Waals surface area contributed by atoms with Crippen LogP contribution in [-0.4, -0.2) is 87.4 Å². The van der Waals surface area contributed by atoms with Gasteiger partial charge in [-0.3, -0.25) is 9.59 Å². The van der Waals surface area contributed by atoms with Crippen LogP contribution in [0.4, 0.5) is 0 Å². The minimum absolute atomic E-state index is 0.179. The lowest BCUT2D eigenvalue weighted by Gasteiger charge is -2.25. The van der Waals surface area contributed by atoms with E-state index >= 15 is 0 Å². The van der Waals surface area contributed by atoms with Crippen LogP contribution in [0.5, 0.6) is 0 Å². The predicted octanol–water partition coefficient (Wildman–Crippen LogP) is 23.5. The normalized spacial score (nSPS) is 13.0. The van der Waals surface area contributed by atoms with E-state index < -0.39 is 18.4 Å². The minimum atomic E-state index is -1.51. The maximum Gasteiger partial charge on any atom is 0.361 e. The van der Waals surface area contributed by atoms with E-state index in [9.17, 15) is 19.5 Å². The van der Waals surface area contributed by atoms with Crippen molar-refractivity contribution in [1.82, 2.24) is 0 Å². The summed E-state index contributed by atoms with van der Waals surface area (Å²) in [7, 11) is 5.99. The number of likely N-dealkylation sites (N-methyl/N-ethyl adjacent to an activating group) is 1. The van der Waals surface area contributed by atoms with Gasteiger partial charge in [0.2, 0.25) is 0 Å². The Kier molecular flexibility index (Phi) is 66.5. The molecule has 0 saturated heterocycles. The number of allylic oxidation sites excluding steroid dienone is 10. The molecule has 2 atom stereocenters. The van der Waals surface area contributed by atoms with Crippen molar-refractivity contribution >= 4 is 17.9 Å². The van der Waals surface area contributed by atoms with Gasteiger partial charge in [0.25, 0.3) is 6.29 Å². The summed E-state index contributed by atoms with van der Waals surface area (Å²) in [5, 5.41) is 9.76. The van der Waals surface area contributed by atoms with Crippen LogP contribution in [0.3, 0.4) is 0 Å². The SMILES string of the molecule is CCCCCCC/C=C\C/C=C\C/C=C\CCCCCCCCCCCCCCCCCCCCC(=O)OC(COC(=O)CCCCCCCCCCCCCCCCCCC/C=C\C/C=C\CCCCCCC)COC(OCC[N+](C)(C)C)C(=O)O. The number of carboxylic acids is 1. The standard InChI is InChI=1S/C78H143NO8/c1-6-8-10-12-14-16-18-20-22-24-26-28-30-32-34-36-37-38-39-41-43-45-47-49-51-53-55-57-59-61-63-65-67-69-76(81)87-74(73-86-78(77(82)83)84-71-70-79(3,4)5)72-85-75(80)68-66-64-62-60-58-56-54-52-50-48-46-44-42-40-35-33-31-29-27-25-23-21-19-17-15-13-11-9-7-2/h18-21,24-27,30,32,74,78H,6-17,22-23,28-29,31,33-73H2,1-5H3/p+1/b20-18-,21-19-,26-24-,27-25-,32-30-. The zero-order valence-electron chi connectivity index (χ0n) is 58.2. The molecule has 0 aromatic heterocycles. The van der Waals surface area contributed by atoms with Crippen LogP contribution in [0, 0.1) is 0 Å². The summed E-state index contributed by atoms with van der Waals surface area (Å²) in [5.74, 6) is -1.98. The lowest BCUT2D eigenvalue weighted by molar-refractivity contribution is -0.870. The monoisotopic (exact) mass is 1220 g/mol. The second-order valence-corrected chi connectivity index (χ2v) is 26.6. The smallest absolute Gasteiger partial charge is 0.361 e. The molecule has 1 N–H and O–H groups in total. The highest BCUT2D eigenvalue weighted by Gasteiger charge is 2.25. The molecular weight excluding hydrogens is 1080 g/mol. The highest BCUT2D eigenvalue weighted by atomic mass is 16.7. The average molecular weight is 1220 g/mol. The van der Waals surface area contributed by atoms with Crippen molar-refractivity contribution < 1.29 is 42.9 Å². The van der Waals surface area contributed by atoms with Gasteiger partial charge in [-0.2, -0.15) is 0 Å². The number of rotatable bonds is 70. The summed E-state index contributed by atoms with van der Waals surface area (Å²) in [6, 6.07) is 0. The number of hydrogen-bond donors (Lipinski definition) is 1. The fourth-order valence-electron chi connectivity index (χ4n) is 11.0. The van der Waals surface area contributed by atoms with Crippen LogP contribution in [0.15, 0.2) is 60.8 Å². The zero-order chi connectivity index (χ0) is 63.3. The van der Waals surface area contributed by atoms with E-state index in [2.05, 4.69) is 74.6 Å². The van der Waals surface area contributed by atoms with Crippen LogP contribution in [-0.2, 0) is 33.3 Å². The van der Waals surface area contributed by atoms with Crippen molar-refractivity contribution in [3.05, 3.63) is 60.8 Å². The van der Waals surface area contributed by atoms with Gasteiger partial charge in [0.15, 0.2) is 6.10 Å². The summed E-state index contributed by atoms with van der Waals surface area (Å²) in [4.78, 5) is 37.7. The van der Waals surface area contributed by atoms with Crippen LogP contribution in [0.1, 0.15) is 361 Å². The fourth-order valence-corrected chi connectivity index (χ4v) is 11.0. The lowest BCUT2D eigenvalue weighted by atomic mass is 10.0. The summed E-state index contributed by atoms with van der Waals surface area (Å²) >= 11 is 0. The lowest BCUT2D eigenvalue weighted by Crippen LogP contribution is -2.40. The van der Waals surface area contributed by atoms with Crippen LogP contribution >= 0.6 is 0 Å². The Labute approximate surface area is 539 Å². The zero-order valence-corrected chi connectivity index (χ0v) is 58.2. The number of carboxylic acid groups (broad SMARTS) is 1. The quantitative estimate of drug-likeness (QED) is 0.0211. The van der Waals surface area contributed by atoms with E-state index in [0.29, 0.717) is 17.4 Å². The summed E-state index contributed by atoms with van der Waals surface area (Å²) in [6.07, 6.45) is 87.8. The largest absolute Gasteiger partial charge is 0.477 e. The maximum atomic E-state index is 13.0. The van der Waals surface area contributed by atoms with Crippen molar-refractivity contribution in [3.63, 3.8) is 0 Å². The first-order valence-electron chi connectivity index (χ1n) is 37.5. The molecule has 0 rings (SSSR count). The maximum absolute atomic E-state index is 13.0. The number of carbonyl (C=O) groups excluding carboxylic acids is 2. The highest BCUT2D eigenvalue weighted by Crippen LogP contribution is 2.19. The number of esters is 2. The molecule has 0 aliphatic carbocycles. The number of carbonyl (C=O) groups is 3. The Morgan fingerprint density at radius 2 is 0.621 bits per heavy atom. The second-order valence-electron chi connectivity index (χ2n) is 26.6. The van der Waals surface area contributed by atoms with E-state index in [4.69, 9.17) is 18.9 Å². The summed E-state index contributed by atoms with van der Waals surface area (Å²) in [5.41, 5.74) is 0. The van der Waals surface area contributed by atoms with Gasteiger partial charge >= 0.3 is 17.9 Å². The fraction of sp³-hybridized carbons (Fsp3) is 0.833. The van der Waals surface area contributed by atoms with Crippen molar-refractivity contribution in [1.29, 1.82) is 0 Å². The van der Waals surface area contributed by atoms with Crippen molar-refractivity contribution in [3.8, 4) is 0 Å². The number of unbranched alkanes of at least 4 members (excludes halogenated alkanes) is 45. The Morgan fingerprint density at radius 3 is 0.920 bits per heavy atom. The first kappa shape index (κ1) is 84.0. The van der Waals surface area contributed by atoms with Gasteiger partial charge in [0, 0.05) is 12.8 Å². The van der Waals surface area contributed by atoms with Crippen molar-refractivity contribution in [2.45, 2.75) is 373 Å². The Morgan fingerprint density at radius 1 is 0.345 bits per heavy atom. The molecule has 0 aromatic carbocycles. The first-order valence-corrected chi connectivity index (χ1v) is 37.5. The van der Waals surface area contributed by atoms with Gasteiger partial charge in [-0.25, -0.2) is 4.79 Å². The molecule has 0 heterocycles. The van der Waals surface area contributed by atoms with E-state index in [-0.39, 0.29) is 38.2 Å². The Balaban J connectivity index is 4.04. The summed E-state index contributed by atoms with van der Waals surface area (Å²) < 4.78 is 23.0. The summed E-state index contributed by atoms with van der Waals surface area (Å²) in [6.45, 7) is 4.91. The van der Waals surface area contributed by atoms with Crippen molar-refractivity contribution in [2.75, 3.05) is 47.5 Å². The van der Waals surface area contributed by atoms with Gasteiger partial charge in [-0.05, 0) is 83.5 Å². The highest BCUT2D eigenvalue weighted by molar-refractivity contribution is 5.71. The third kappa shape index (κ3) is 70.3. The minimum Gasteiger partial charge on any atom is -0.477 e. The number of hydrogen-bond acceptors (Lipinski definition) is 7. The van der Waals surface area contributed by atoms with Crippen LogP contribution < -0.4 is 0 Å². The Bertz CT molecular complexity index is 1610. The van der Waals surface area contributed by atoms with E-state index in [1.54, 1.807) is 0 Å². The van der Waals surface area contributed by atoms with E-state index in [0.717, 1.165) is 57.8 Å². The third-order valence-electron chi connectivity index (χ3n) is 16.7. The van der Waals surface area contributed by atoms with Crippen LogP contribution in [0.2, 0.25) is 0 Å². The molecule has 0 aromatic rings. The van der Waals surface area contributed by atoms with Gasteiger partial charge in [-0.1, -0.05) is 325 Å². The predicted molar refractivity (Wildman–Crippen MR) is 373 cm³/mol. The van der Waals surface area contributed by atoms with Gasteiger partial charge in [-0.15, -0.1) is 0 Å². The molecule has 87 heavy (non-hydrogen) atoms. The molecule has 0 fully saturated rings. The number of nitrogens with zero attached hydrogens (tertiary/aromatic N) is 1.